The molecule has 3 aromatic rings. The molecule has 7 nitrogen and oxygen atoms in total. The highest BCUT2D eigenvalue weighted by molar-refractivity contribution is 5.99. The maximum atomic E-state index is 13.6. The zero-order valence-corrected chi connectivity index (χ0v) is 21.0. The van der Waals surface area contributed by atoms with Crippen LogP contribution < -0.4 is 15.4 Å². The third-order valence-corrected chi connectivity index (χ3v) is 5.60. The number of hydrogen-bond acceptors (Lipinski definition) is 5. The summed E-state index contributed by atoms with van der Waals surface area (Å²) in [7, 11) is 1.35. The largest absolute Gasteiger partial charge is 0.503 e. The highest BCUT2D eigenvalue weighted by Crippen LogP contribution is 2.28. The van der Waals surface area contributed by atoms with Gasteiger partial charge < -0.3 is 20.5 Å². The summed E-state index contributed by atoms with van der Waals surface area (Å²) in [6.45, 7) is 5.47. The SMILES string of the molecule is COc1ccnc(C(=O)N[C@@H](CC(C)C)C(=O)NC(C)=C(c2ccc(F)cc2)c2ccc(F)cc2)c1O. The Labute approximate surface area is 214 Å². The molecule has 3 N–H and O–H groups in total. The number of nitrogens with zero attached hydrogens (tertiary/aromatic N) is 1. The summed E-state index contributed by atoms with van der Waals surface area (Å²) in [6, 6.07) is 11.9. The first-order valence-electron chi connectivity index (χ1n) is 11.7. The lowest BCUT2D eigenvalue weighted by molar-refractivity contribution is -0.122. The van der Waals surface area contributed by atoms with Gasteiger partial charge in [-0.2, -0.15) is 0 Å². The van der Waals surface area contributed by atoms with E-state index >= 15 is 0 Å². The molecule has 0 saturated carbocycles. The summed E-state index contributed by atoms with van der Waals surface area (Å²) >= 11 is 0. The average Bonchev–Trinajstić information content (AvgIpc) is 2.86. The molecule has 194 valence electrons. The number of carbonyl (C=O) groups is 2. The number of carbonyl (C=O) groups excluding carboxylic acids is 2. The third-order valence-electron chi connectivity index (χ3n) is 5.60. The summed E-state index contributed by atoms with van der Waals surface area (Å²) < 4.78 is 32.2. The first kappa shape index (κ1) is 27.3. The molecular weight excluding hydrogens is 480 g/mol. The van der Waals surface area contributed by atoms with Gasteiger partial charge in [0.1, 0.15) is 17.7 Å². The van der Waals surface area contributed by atoms with Crippen LogP contribution in [0.1, 0.15) is 48.8 Å². The van der Waals surface area contributed by atoms with Crippen LogP contribution in [0.4, 0.5) is 8.78 Å². The zero-order valence-electron chi connectivity index (χ0n) is 21.0. The van der Waals surface area contributed by atoms with E-state index in [1.807, 2.05) is 13.8 Å². The quantitative estimate of drug-likeness (QED) is 0.384. The first-order chi connectivity index (χ1) is 17.6. The Kier molecular flexibility index (Phi) is 8.95. The fraction of sp³-hybridized carbons (Fsp3) is 0.250. The van der Waals surface area contributed by atoms with Crippen LogP contribution >= 0.6 is 0 Å². The summed E-state index contributed by atoms with van der Waals surface area (Å²) in [6.07, 6.45) is 1.62. The number of amides is 2. The third kappa shape index (κ3) is 6.91. The van der Waals surface area contributed by atoms with Gasteiger partial charge in [-0.3, -0.25) is 9.59 Å². The van der Waals surface area contributed by atoms with Crippen molar-refractivity contribution in [3.05, 3.63) is 94.9 Å². The molecule has 2 amide bonds. The zero-order chi connectivity index (χ0) is 27.1. The number of hydrogen-bond donors (Lipinski definition) is 3. The van der Waals surface area contributed by atoms with Crippen molar-refractivity contribution in [2.45, 2.75) is 33.2 Å². The number of allylic oxidation sites excluding steroid dienone is 1. The van der Waals surface area contributed by atoms with Gasteiger partial charge in [-0.05, 0) is 54.7 Å². The van der Waals surface area contributed by atoms with E-state index in [0.717, 1.165) is 0 Å². The molecule has 1 aromatic heterocycles. The van der Waals surface area contributed by atoms with Gasteiger partial charge in [0, 0.05) is 23.5 Å². The van der Waals surface area contributed by atoms with E-state index in [0.29, 0.717) is 28.8 Å². The first-order valence-corrected chi connectivity index (χ1v) is 11.7. The number of pyridine rings is 1. The van der Waals surface area contributed by atoms with E-state index in [1.165, 1.54) is 43.6 Å². The van der Waals surface area contributed by atoms with Crippen LogP contribution in [0.2, 0.25) is 0 Å². The van der Waals surface area contributed by atoms with Gasteiger partial charge in [-0.15, -0.1) is 0 Å². The van der Waals surface area contributed by atoms with E-state index < -0.39 is 35.2 Å². The average molecular weight is 510 g/mol. The Bertz CT molecular complexity index is 1240. The Morgan fingerprint density at radius 1 is 0.973 bits per heavy atom. The molecule has 37 heavy (non-hydrogen) atoms. The summed E-state index contributed by atoms with van der Waals surface area (Å²) in [5, 5.41) is 15.8. The Balaban J connectivity index is 1.94. The van der Waals surface area contributed by atoms with Crippen molar-refractivity contribution in [1.29, 1.82) is 0 Å². The minimum atomic E-state index is -0.961. The molecule has 0 bridgehead atoms. The van der Waals surface area contributed by atoms with Crippen molar-refractivity contribution in [3.8, 4) is 11.5 Å². The molecule has 0 aliphatic rings. The van der Waals surface area contributed by atoms with Crippen LogP contribution in [-0.4, -0.2) is 35.1 Å². The lowest BCUT2D eigenvalue weighted by Crippen LogP contribution is -2.47. The fourth-order valence-corrected chi connectivity index (χ4v) is 3.86. The molecule has 1 heterocycles. The van der Waals surface area contributed by atoms with Crippen molar-refractivity contribution in [3.63, 3.8) is 0 Å². The molecule has 0 unspecified atom stereocenters. The lowest BCUT2D eigenvalue weighted by atomic mass is 9.95. The smallest absolute Gasteiger partial charge is 0.274 e. The Morgan fingerprint density at radius 3 is 2.00 bits per heavy atom. The number of benzene rings is 2. The Morgan fingerprint density at radius 2 is 1.51 bits per heavy atom. The fourth-order valence-electron chi connectivity index (χ4n) is 3.86. The van der Waals surface area contributed by atoms with Gasteiger partial charge in [0.2, 0.25) is 5.91 Å². The van der Waals surface area contributed by atoms with Gasteiger partial charge in [0.05, 0.1) is 7.11 Å². The Hall–Kier alpha value is -4.27. The van der Waals surface area contributed by atoms with Crippen molar-refractivity contribution in [2.75, 3.05) is 7.11 Å². The molecule has 2 aromatic carbocycles. The standard InChI is InChI=1S/C28H29F2N3O4/c1-16(2)15-22(33-28(36)25-26(34)23(37-4)13-14-31-25)27(35)32-17(3)24(18-5-9-20(29)10-6-18)19-7-11-21(30)12-8-19/h5-14,16,22,34H,15H2,1-4H3,(H,32,35)(H,33,36)/t22-/m0/s1. The van der Waals surface area contributed by atoms with Gasteiger partial charge >= 0.3 is 0 Å². The van der Waals surface area contributed by atoms with Crippen molar-refractivity contribution in [1.82, 2.24) is 15.6 Å². The van der Waals surface area contributed by atoms with Crippen molar-refractivity contribution in [2.24, 2.45) is 5.92 Å². The summed E-state index contributed by atoms with van der Waals surface area (Å²) in [5.74, 6) is -2.39. The predicted molar refractivity (Wildman–Crippen MR) is 136 cm³/mol. The number of ether oxygens (including phenoxy) is 1. The highest BCUT2D eigenvalue weighted by atomic mass is 19.1. The number of methoxy groups -OCH3 is 1. The van der Waals surface area contributed by atoms with Gasteiger partial charge in [0.15, 0.2) is 17.2 Å². The normalized spacial score (nSPS) is 11.5. The lowest BCUT2D eigenvalue weighted by Gasteiger charge is -2.22. The monoisotopic (exact) mass is 509 g/mol. The van der Waals surface area contributed by atoms with Crippen LogP contribution in [0.3, 0.4) is 0 Å². The molecule has 9 heteroatoms. The number of aromatic hydroxyl groups is 1. The van der Waals surface area contributed by atoms with E-state index in [4.69, 9.17) is 4.74 Å². The highest BCUT2D eigenvalue weighted by Gasteiger charge is 2.26. The van der Waals surface area contributed by atoms with Gasteiger partial charge in [-0.1, -0.05) is 38.1 Å². The number of halogens is 2. The molecule has 0 saturated heterocycles. The molecule has 3 rings (SSSR count). The second kappa shape index (κ2) is 12.1. The minimum Gasteiger partial charge on any atom is -0.503 e. The molecule has 0 fully saturated rings. The second-order valence-corrected chi connectivity index (χ2v) is 8.87. The molecule has 0 spiro atoms. The number of nitrogens with one attached hydrogen (secondary N) is 2. The minimum absolute atomic E-state index is 0.0425. The summed E-state index contributed by atoms with van der Waals surface area (Å²) in [4.78, 5) is 30.2. The van der Waals surface area contributed by atoms with Gasteiger partial charge in [0.25, 0.3) is 5.91 Å². The maximum Gasteiger partial charge on any atom is 0.274 e. The van der Waals surface area contributed by atoms with Crippen molar-refractivity contribution >= 4 is 17.4 Å². The predicted octanol–water partition coefficient (Wildman–Crippen LogP) is 4.81. The van der Waals surface area contributed by atoms with Crippen LogP contribution in [0.5, 0.6) is 11.5 Å². The van der Waals surface area contributed by atoms with Crippen molar-refractivity contribution < 1.29 is 28.2 Å². The maximum absolute atomic E-state index is 13.6. The van der Waals surface area contributed by atoms with Gasteiger partial charge in [-0.25, -0.2) is 13.8 Å². The molecular formula is C28H29F2N3O4. The molecule has 0 aliphatic carbocycles. The molecule has 0 aliphatic heterocycles. The molecule has 1 atom stereocenters. The molecule has 0 radical (unpaired) electrons. The van der Waals surface area contributed by atoms with E-state index in [9.17, 15) is 23.5 Å². The number of aromatic nitrogens is 1. The van der Waals surface area contributed by atoms with Crippen LogP contribution in [-0.2, 0) is 4.79 Å². The second-order valence-electron chi connectivity index (χ2n) is 8.87. The van der Waals surface area contributed by atoms with Crippen LogP contribution in [0, 0.1) is 17.6 Å². The summed E-state index contributed by atoms with van der Waals surface area (Å²) in [5.41, 5.74) is 1.94. The topological polar surface area (TPSA) is 101 Å². The number of rotatable bonds is 9. The van der Waals surface area contributed by atoms with E-state index in [1.54, 1.807) is 31.2 Å². The van der Waals surface area contributed by atoms with Crippen LogP contribution in [0.15, 0.2) is 66.5 Å². The van der Waals surface area contributed by atoms with E-state index in [-0.39, 0.29) is 17.4 Å². The van der Waals surface area contributed by atoms with E-state index in [2.05, 4.69) is 15.6 Å². The van der Waals surface area contributed by atoms with Crippen LogP contribution in [0.25, 0.3) is 5.57 Å².